The van der Waals surface area contributed by atoms with Crippen molar-refractivity contribution in [2.75, 3.05) is 19.3 Å². The molecule has 2 heterocycles. The zero-order valence-corrected chi connectivity index (χ0v) is 22.6. The Labute approximate surface area is 228 Å². The molecule has 4 rings (SSSR count). The molecule has 1 fully saturated rings. The van der Waals surface area contributed by atoms with E-state index in [0.717, 1.165) is 47.9 Å². The first-order valence-corrected chi connectivity index (χ1v) is 14.2. The molecule has 0 atom stereocenters. The predicted octanol–water partition coefficient (Wildman–Crippen LogP) is 3.32. The van der Waals surface area contributed by atoms with Crippen molar-refractivity contribution in [1.29, 1.82) is 0 Å². The molecule has 1 saturated heterocycles. The molecular formula is C27H27F3N4O5S. The van der Waals surface area contributed by atoms with Gasteiger partial charge in [-0.2, -0.15) is 13.2 Å². The lowest BCUT2D eigenvalue weighted by molar-refractivity contribution is -0.137. The van der Waals surface area contributed by atoms with Crippen LogP contribution in [0.3, 0.4) is 0 Å². The molecule has 2 N–H and O–H groups in total. The summed E-state index contributed by atoms with van der Waals surface area (Å²) in [6.07, 6.45) is -1.98. The van der Waals surface area contributed by atoms with Crippen LogP contribution in [0.4, 0.5) is 13.2 Å². The van der Waals surface area contributed by atoms with Crippen LogP contribution in [0.5, 0.6) is 0 Å². The first kappa shape index (κ1) is 29.0. The number of hydrogen-bond acceptors (Lipinski definition) is 6. The van der Waals surface area contributed by atoms with Crippen LogP contribution in [0.15, 0.2) is 64.3 Å². The van der Waals surface area contributed by atoms with E-state index in [1.54, 1.807) is 17.1 Å². The second-order valence-corrected chi connectivity index (χ2v) is 11.6. The summed E-state index contributed by atoms with van der Waals surface area (Å²) in [5.41, 5.74) is 3.29. The fourth-order valence-electron chi connectivity index (χ4n) is 4.63. The Bertz CT molecular complexity index is 1630. The zero-order valence-electron chi connectivity index (χ0n) is 21.7. The minimum atomic E-state index is -4.69. The number of amides is 2. The third kappa shape index (κ3) is 5.94. The first-order valence-electron chi connectivity index (χ1n) is 12.3. The maximum atomic E-state index is 14.0. The van der Waals surface area contributed by atoms with E-state index >= 15 is 0 Å². The van der Waals surface area contributed by atoms with E-state index in [-0.39, 0.29) is 28.4 Å². The molecule has 0 unspecified atom stereocenters. The summed E-state index contributed by atoms with van der Waals surface area (Å²) in [4.78, 5) is 39.5. The van der Waals surface area contributed by atoms with Crippen molar-refractivity contribution in [3.63, 3.8) is 0 Å². The smallest absolute Gasteiger partial charge is 0.365 e. The molecule has 212 valence electrons. The summed E-state index contributed by atoms with van der Waals surface area (Å²) in [6, 6.07) is 11.1. The van der Waals surface area contributed by atoms with Gasteiger partial charge in [0.25, 0.3) is 17.4 Å². The number of nitrogens with zero attached hydrogens (tertiary/aromatic N) is 3. The lowest BCUT2D eigenvalue weighted by Crippen LogP contribution is -2.45. The Morgan fingerprint density at radius 2 is 1.62 bits per heavy atom. The van der Waals surface area contributed by atoms with E-state index in [4.69, 9.17) is 5.73 Å². The zero-order chi connectivity index (χ0) is 29.4. The molecule has 2 amide bonds. The lowest BCUT2D eigenvalue weighted by atomic mass is 10.1. The monoisotopic (exact) mass is 576 g/mol. The van der Waals surface area contributed by atoms with Crippen LogP contribution in [-0.4, -0.2) is 54.2 Å². The second-order valence-electron chi connectivity index (χ2n) is 9.55. The van der Waals surface area contributed by atoms with Crippen molar-refractivity contribution < 1.29 is 31.2 Å². The second kappa shape index (κ2) is 10.9. The number of pyridine rings is 1. The Morgan fingerprint density at radius 3 is 2.17 bits per heavy atom. The minimum absolute atomic E-state index is 0.0240. The average Bonchev–Trinajstić information content (AvgIpc) is 3.41. The first-order chi connectivity index (χ1) is 18.7. The topological polar surface area (TPSA) is 123 Å². The Kier molecular flexibility index (Phi) is 7.90. The van der Waals surface area contributed by atoms with Gasteiger partial charge in [-0.3, -0.25) is 24.0 Å². The normalized spacial score (nSPS) is 14.3. The van der Waals surface area contributed by atoms with E-state index in [0.29, 0.717) is 18.7 Å². The SMILES string of the molecule is Cc1c(C(=O)N(Cc2ccc(S(C)(=O)=O)cc2)N2CCCC2)cc(C(N)=O)c(=O)n1-c1cccc(C(F)(F)F)c1. The van der Waals surface area contributed by atoms with Crippen LogP contribution < -0.4 is 11.3 Å². The molecule has 2 aromatic carbocycles. The number of benzene rings is 2. The van der Waals surface area contributed by atoms with Gasteiger partial charge >= 0.3 is 6.18 Å². The molecule has 3 aromatic rings. The highest BCUT2D eigenvalue weighted by Gasteiger charge is 2.32. The van der Waals surface area contributed by atoms with Gasteiger partial charge < -0.3 is 5.73 Å². The van der Waals surface area contributed by atoms with E-state index < -0.39 is 44.5 Å². The van der Waals surface area contributed by atoms with Crippen molar-refractivity contribution in [2.24, 2.45) is 5.73 Å². The van der Waals surface area contributed by atoms with Gasteiger partial charge in [-0.25, -0.2) is 13.4 Å². The van der Waals surface area contributed by atoms with Gasteiger partial charge in [-0.1, -0.05) is 18.2 Å². The molecule has 40 heavy (non-hydrogen) atoms. The van der Waals surface area contributed by atoms with Crippen LogP contribution in [-0.2, 0) is 22.6 Å². The highest BCUT2D eigenvalue weighted by atomic mass is 32.2. The van der Waals surface area contributed by atoms with Crippen LogP contribution >= 0.6 is 0 Å². The molecule has 0 radical (unpaired) electrons. The highest BCUT2D eigenvalue weighted by molar-refractivity contribution is 7.90. The van der Waals surface area contributed by atoms with Gasteiger partial charge in [0, 0.05) is 30.7 Å². The van der Waals surface area contributed by atoms with Gasteiger partial charge in [0.15, 0.2) is 9.84 Å². The van der Waals surface area contributed by atoms with E-state index in [1.165, 1.54) is 30.1 Å². The predicted molar refractivity (Wildman–Crippen MR) is 141 cm³/mol. The molecule has 0 saturated carbocycles. The standard InChI is InChI=1S/C27H27F3N4O5S/c1-17-22(15-23(24(31)35)26(37)34(17)20-7-5-6-19(14-20)27(28,29)30)25(36)33(32-12-3-4-13-32)16-18-8-10-21(11-9-18)40(2,38)39/h5-11,14-15H,3-4,12-13,16H2,1-2H3,(H2,31,35). The van der Waals surface area contributed by atoms with Crippen molar-refractivity contribution in [1.82, 2.24) is 14.6 Å². The third-order valence-corrected chi connectivity index (χ3v) is 7.85. The maximum Gasteiger partial charge on any atom is 0.416 e. The summed E-state index contributed by atoms with van der Waals surface area (Å²) >= 11 is 0. The number of hydrogen-bond donors (Lipinski definition) is 1. The number of sulfone groups is 1. The number of hydrazine groups is 1. The third-order valence-electron chi connectivity index (χ3n) is 6.72. The van der Waals surface area contributed by atoms with E-state index in [1.807, 2.05) is 0 Å². The van der Waals surface area contributed by atoms with Gasteiger partial charge in [0.05, 0.1) is 22.6 Å². The summed E-state index contributed by atoms with van der Waals surface area (Å²) in [5, 5.41) is 3.23. The van der Waals surface area contributed by atoms with E-state index in [9.17, 15) is 36.0 Å². The van der Waals surface area contributed by atoms with Crippen LogP contribution in [0.25, 0.3) is 5.69 Å². The van der Waals surface area contributed by atoms with E-state index in [2.05, 4.69) is 0 Å². The number of halogens is 3. The number of nitrogens with two attached hydrogens (primary N) is 1. The summed E-state index contributed by atoms with van der Waals surface area (Å²) in [7, 11) is -3.43. The molecule has 13 heteroatoms. The molecule has 0 aliphatic carbocycles. The number of carbonyl (C=O) groups excluding carboxylic acids is 2. The average molecular weight is 577 g/mol. The summed E-state index contributed by atoms with van der Waals surface area (Å²) < 4.78 is 64.8. The van der Waals surface area contributed by atoms with Crippen LogP contribution in [0.2, 0.25) is 0 Å². The molecule has 1 aliphatic heterocycles. The van der Waals surface area contributed by atoms with Crippen molar-refractivity contribution in [3.8, 4) is 5.69 Å². The molecular weight excluding hydrogens is 549 g/mol. The number of aromatic nitrogens is 1. The number of alkyl halides is 3. The quantitative estimate of drug-likeness (QED) is 0.461. The molecule has 0 bridgehead atoms. The number of primary amides is 1. The van der Waals surface area contributed by atoms with Gasteiger partial charge in [0.1, 0.15) is 5.56 Å². The van der Waals surface area contributed by atoms with Crippen LogP contribution in [0, 0.1) is 6.92 Å². The molecule has 1 aliphatic rings. The molecule has 0 spiro atoms. The largest absolute Gasteiger partial charge is 0.416 e. The fourth-order valence-corrected chi connectivity index (χ4v) is 5.26. The Hall–Kier alpha value is -3.97. The number of carbonyl (C=O) groups is 2. The van der Waals surface area contributed by atoms with Crippen molar-refractivity contribution >= 4 is 21.7 Å². The highest BCUT2D eigenvalue weighted by Crippen LogP contribution is 2.31. The fraction of sp³-hybridized carbons (Fsp3) is 0.296. The Balaban J connectivity index is 1.84. The molecule has 1 aromatic heterocycles. The van der Waals surface area contributed by atoms with Crippen molar-refractivity contribution in [3.05, 3.63) is 92.9 Å². The van der Waals surface area contributed by atoms with Gasteiger partial charge in [0.2, 0.25) is 0 Å². The summed E-state index contributed by atoms with van der Waals surface area (Å²) in [6.45, 7) is 2.53. The summed E-state index contributed by atoms with van der Waals surface area (Å²) in [5.74, 6) is -1.74. The van der Waals surface area contributed by atoms with Gasteiger partial charge in [-0.15, -0.1) is 0 Å². The minimum Gasteiger partial charge on any atom is -0.365 e. The maximum absolute atomic E-state index is 14.0. The van der Waals surface area contributed by atoms with Crippen LogP contribution in [0.1, 0.15) is 50.4 Å². The van der Waals surface area contributed by atoms with Crippen molar-refractivity contribution in [2.45, 2.75) is 37.4 Å². The number of rotatable bonds is 7. The Morgan fingerprint density at radius 1 is 1.00 bits per heavy atom. The lowest BCUT2D eigenvalue weighted by Gasteiger charge is -2.32. The van der Waals surface area contributed by atoms with Gasteiger partial charge in [-0.05, 0) is 61.7 Å². The molecule has 9 nitrogen and oxygen atoms in total.